The lowest BCUT2D eigenvalue weighted by atomic mass is 9.86. The van der Waals surface area contributed by atoms with Crippen LogP contribution in [0.2, 0.25) is 0 Å². The number of benzene rings is 1. The van der Waals surface area contributed by atoms with Gasteiger partial charge in [0.15, 0.2) is 0 Å². The monoisotopic (exact) mass is 327 g/mol. The Morgan fingerprint density at radius 3 is 2.83 bits per heavy atom. The van der Waals surface area contributed by atoms with Gasteiger partial charge in [0, 0.05) is 25.9 Å². The number of carbonyl (C=O) groups excluding carboxylic acids is 1. The number of hydrogen-bond acceptors (Lipinski definition) is 3. The normalized spacial score (nSPS) is 20.9. The third-order valence-corrected chi connectivity index (χ3v) is 5.11. The molecule has 1 fully saturated rings. The summed E-state index contributed by atoms with van der Waals surface area (Å²) in [5.41, 5.74) is 0.633. The van der Waals surface area contributed by atoms with Crippen LogP contribution in [0, 0.1) is 5.92 Å². The van der Waals surface area contributed by atoms with Gasteiger partial charge in [-0.3, -0.25) is 14.2 Å². The summed E-state index contributed by atoms with van der Waals surface area (Å²) in [5, 5.41) is 3.77. The van der Waals surface area contributed by atoms with Crippen LogP contribution in [0.1, 0.15) is 44.9 Å². The van der Waals surface area contributed by atoms with E-state index in [1.165, 1.54) is 19.3 Å². The highest BCUT2D eigenvalue weighted by Gasteiger charge is 2.22. The Balaban J connectivity index is 1.68. The van der Waals surface area contributed by atoms with E-state index in [9.17, 15) is 9.59 Å². The molecular formula is C19H25N3O2. The maximum atomic E-state index is 12.4. The van der Waals surface area contributed by atoms with Gasteiger partial charge >= 0.3 is 0 Å². The van der Waals surface area contributed by atoms with Gasteiger partial charge in [-0.1, -0.05) is 31.9 Å². The van der Waals surface area contributed by atoms with Gasteiger partial charge in [0.05, 0.1) is 10.9 Å². The lowest BCUT2D eigenvalue weighted by Gasteiger charge is -2.29. The average Bonchev–Trinajstić information content (AvgIpc) is 2.59. The molecule has 0 aliphatic heterocycles. The van der Waals surface area contributed by atoms with Gasteiger partial charge in [-0.2, -0.15) is 0 Å². The highest BCUT2D eigenvalue weighted by molar-refractivity contribution is 5.78. The zero-order chi connectivity index (χ0) is 17.1. The summed E-state index contributed by atoms with van der Waals surface area (Å²) >= 11 is 0. The minimum atomic E-state index is -0.0584. The van der Waals surface area contributed by atoms with Crippen molar-refractivity contribution in [3.05, 3.63) is 40.4 Å². The molecule has 1 aliphatic rings. The highest BCUT2D eigenvalue weighted by atomic mass is 16.1. The number of amides is 1. The molecule has 0 bridgehead atoms. The first-order valence-electron chi connectivity index (χ1n) is 8.80. The number of aromatic nitrogens is 2. The number of carbonyl (C=O) groups is 1. The molecule has 0 spiro atoms. The van der Waals surface area contributed by atoms with E-state index in [2.05, 4.69) is 17.2 Å². The van der Waals surface area contributed by atoms with Crippen LogP contribution in [0.4, 0.5) is 0 Å². The van der Waals surface area contributed by atoms with E-state index in [1.54, 1.807) is 17.7 Å². The van der Waals surface area contributed by atoms with E-state index < -0.39 is 0 Å². The fraction of sp³-hybridized carbons (Fsp3) is 0.526. The van der Waals surface area contributed by atoms with Crippen molar-refractivity contribution < 1.29 is 4.79 Å². The molecule has 0 unspecified atom stereocenters. The summed E-state index contributed by atoms with van der Waals surface area (Å²) in [6, 6.07) is 7.62. The summed E-state index contributed by atoms with van der Waals surface area (Å²) in [5.74, 6) is 1.26. The van der Waals surface area contributed by atoms with Gasteiger partial charge in [0.2, 0.25) is 5.91 Å². The number of rotatable bonds is 4. The molecule has 1 heterocycles. The van der Waals surface area contributed by atoms with Crippen LogP contribution in [0.25, 0.3) is 10.9 Å². The average molecular weight is 327 g/mol. The van der Waals surface area contributed by atoms with Crippen molar-refractivity contribution in [2.24, 2.45) is 13.0 Å². The zero-order valence-electron chi connectivity index (χ0n) is 14.4. The van der Waals surface area contributed by atoms with Crippen molar-refractivity contribution in [2.75, 3.05) is 0 Å². The molecule has 1 saturated carbocycles. The number of nitrogens with one attached hydrogen (secondary N) is 1. The van der Waals surface area contributed by atoms with E-state index >= 15 is 0 Å². The quantitative estimate of drug-likeness (QED) is 0.938. The second-order valence-electron chi connectivity index (χ2n) is 6.85. The minimum Gasteiger partial charge on any atom is -0.353 e. The van der Waals surface area contributed by atoms with Gasteiger partial charge < -0.3 is 5.32 Å². The predicted octanol–water partition coefficient (Wildman–Crippen LogP) is 2.56. The van der Waals surface area contributed by atoms with Gasteiger partial charge in [0.25, 0.3) is 5.56 Å². The zero-order valence-corrected chi connectivity index (χ0v) is 14.4. The van der Waals surface area contributed by atoms with E-state index in [0.717, 1.165) is 6.42 Å². The van der Waals surface area contributed by atoms with Gasteiger partial charge in [0.1, 0.15) is 5.82 Å². The van der Waals surface area contributed by atoms with Crippen molar-refractivity contribution in [3.8, 4) is 0 Å². The molecule has 1 N–H and O–H groups in total. The molecule has 2 atom stereocenters. The molecule has 128 valence electrons. The number of aryl methyl sites for hydroxylation is 1. The van der Waals surface area contributed by atoms with E-state index in [1.807, 2.05) is 18.2 Å². The Morgan fingerprint density at radius 2 is 2.04 bits per heavy atom. The van der Waals surface area contributed by atoms with Crippen molar-refractivity contribution in [1.29, 1.82) is 0 Å². The second kappa shape index (κ2) is 7.16. The molecule has 1 amide bonds. The third-order valence-electron chi connectivity index (χ3n) is 5.11. The fourth-order valence-electron chi connectivity index (χ4n) is 3.52. The molecule has 5 heteroatoms. The van der Waals surface area contributed by atoms with E-state index in [4.69, 9.17) is 0 Å². The lowest BCUT2D eigenvalue weighted by molar-refractivity contribution is -0.122. The molecule has 0 saturated heterocycles. The Kier molecular flexibility index (Phi) is 4.97. The summed E-state index contributed by atoms with van der Waals surface area (Å²) in [6.45, 7) is 2.21. The maximum absolute atomic E-state index is 12.4. The van der Waals surface area contributed by atoms with Crippen LogP contribution in [0.3, 0.4) is 0 Å². The Hall–Kier alpha value is -2.17. The summed E-state index contributed by atoms with van der Waals surface area (Å²) in [6.07, 6.45) is 5.54. The summed E-state index contributed by atoms with van der Waals surface area (Å²) in [4.78, 5) is 29.2. The SMILES string of the molecule is C[C@H]1CCCC[C@@H]1NC(=O)CCc1nc2ccccc2c(=O)n1C. The van der Waals surface area contributed by atoms with Gasteiger partial charge in [-0.15, -0.1) is 0 Å². The first kappa shape index (κ1) is 16.7. The highest BCUT2D eigenvalue weighted by Crippen LogP contribution is 2.23. The maximum Gasteiger partial charge on any atom is 0.261 e. The van der Waals surface area contributed by atoms with Crippen LogP contribution >= 0.6 is 0 Å². The summed E-state index contributed by atoms with van der Waals surface area (Å²) in [7, 11) is 1.72. The standard InChI is InChI=1S/C19H25N3O2/c1-13-7-3-5-9-15(13)21-18(23)12-11-17-20-16-10-6-4-8-14(16)19(24)22(17)2/h4,6,8,10,13,15H,3,5,7,9,11-12H2,1-2H3,(H,21,23)/t13-,15-/m0/s1. The minimum absolute atomic E-state index is 0.0520. The number of fused-ring (bicyclic) bond motifs is 1. The van der Waals surface area contributed by atoms with Gasteiger partial charge in [-0.25, -0.2) is 4.98 Å². The molecular weight excluding hydrogens is 302 g/mol. The van der Waals surface area contributed by atoms with Crippen molar-refractivity contribution in [2.45, 2.75) is 51.5 Å². The van der Waals surface area contributed by atoms with Crippen molar-refractivity contribution in [1.82, 2.24) is 14.9 Å². The molecule has 24 heavy (non-hydrogen) atoms. The Labute approximate surface area is 142 Å². The molecule has 3 rings (SSSR count). The number of hydrogen-bond donors (Lipinski definition) is 1. The first-order chi connectivity index (χ1) is 11.6. The second-order valence-corrected chi connectivity index (χ2v) is 6.85. The summed E-state index contributed by atoms with van der Waals surface area (Å²) < 4.78 is 1.55. The first-order valence-corrected chi connectivity index (χ1v) is 8.80. The largest absolute Gasteiger partial charge is 0.353 e. The molecule has 0 radical (unpaired) electrons. The number of para-hydroxylation sites is 1. The molecule has 5 nitrogen and oxygen atoms in total. The molecule has 1 aliphatic carbocycles. The van der Waals surface area contributed by atoms with E-state index in [0.29, 0.717) is 41.5 Å². The van der Waals surface area contributed by atoms with Crippen molar-refractivity contribution in [3.63, 3.8) is 0 Å². The van der Waals surface area contributed by atoms with Crippen LogP contribution in [-0.4, -0.2) is 21.5 Å². The lowest BCUT2D eigenvalue weighted by Crippen LogP contribution is -2.41. The van der Waals surface area contributed by atoms with Crippen molar-refractivity contribution >= 4 is 16.8 Å². The smallest absolute Gasteiger partial charge is 0.261 e. The third kappa shape index (κ3) is 3.50. The predicted molar refractivity (Wildman–Crippen MR) is 94.9 cm³/mol. The fourth-order valence-corrected chi connectivity index (χ4v) is 3.52. The molecule has 1 aromatic carbocycles. The van der Waals surface area contributed by atoms with Crippen LogP contribution in [-0.2, 0) is 18.3 Å². The van der Waals surface area contributed by atoms with E-state index in [-0.39, 0.29) is 11.5 Å². The Bertz CT molecular complexity index is 797. The van der Waals surface area contributed by atoms with Gasteiger partial charge in [-0.05, 0) is 30.9 Å². The van der Waals surface area contributed by atoms with Crippen LogP contribution < -0.4 is 10.9 Å². The number of nitrogens with zero attached hydrogens (tertiary/aromatic N) is 2. The van der Waals surface area contributed by atoms with Crippen LogP contribution in [0.5, 0.6) is 0 Å². The molecule has 2 aromatic rings. The van der Waals surface area contributed by atoms with Crippen LogP contribution in [0.15, 0.2) is 29.1 Å². The molecule has 1 aromatic heterocycles. The topological polar surface area (TPSA) is 64.0 Å². The Morgan fingerprint density at radius 1 is 1.29 bits per heavy atom.